The Labute approximate surface area is 185 Å². The number of aromatic hydroxyl groups is 1. The van der Waals surface area contributed by atoms with Crippen LogP contribution in [0.1, 0.15) is 40.3 Å². The number of aromatic nitrogens is 1. The number of amides is 2. The van der Waals surface area contributed by atoms with Crippen LogP contribution in [0.4, 0.5) is 13.2 Å². The van der Waals surface area contributed by atoms with E-state index in [1.807, 2.05) is 13.8 Å². The van der Waals surface area contributed by atoms with E-state index < -0.39 is 64.3 Å². The van der Waals surface area contributed by atoms with Crippen LogP contribution in [0.25, 0.3) is 0 Å². The smallest absolute Gasteiger partial charge is 0.276 e. The third-order valence-corrected chi connectivity index (χ3v) is 6.81. The van der Waals surface area contributed by atoms with Crippen molar-refractivity contribution in [2.75, 3.05) is 0 Å². The molecule has 2 aliphatic heterocycles. The molecule has 2 fully saturated rings. The van der Waals surface area contributed by atoms with Gasteiger partial charge in [-0.25, -0.2) is 13.2 Å². The lowest BCUT2D eigenvalue weighted by Gasteiger charge is -2.44. The summed E-state index contributed by atoms with van der Waals surface area (Å²) in [4.78, 5) is 39.9. The van der Waals surface area contributed by atoms with Gasteiger partial charge in [-0.15, -0.1) is 0 Å². The first-order chi connectivity index (χ1) is 15.6. The van der Waals surface area contributed by atoms with Gasteiger partial charge < -0.3 is 24.6 Å². The molecule has 2 amide bonds. The normalized spacial score (nSPS) is 27.5. The van der Waals surface area contributed by atoms with E-state index in [4.69, 9.17) is 4.74 Å². The quantitative estimate of drug-likeness (QED) is 0.722. The number of carbonyl (C=O) groups is 2. The summed E-state index contributed by atoms with van der Waals surface area (Å²) in [7, 11) is 0. The maximum absolute atomic E-state index is 13.8. The third-order valence-electron chi connectivity index (χ3n) is 6.81. The second kappa shape index (κ2) is 7.34. The molecule has 0 bridgehead atoms. The summed E-state index contributed by atoms with van der Waals surface area (Å²) in [5.74, 6) is -5.51. The molecule has 2 N–H and O–H groups in total. The summed E-state index contributed by atoms with van der Waals surface area (Å²) >= 11 is 0. The molecule has 11 heteroatoms. The number of fused-ring (bicyclic) bond motifs is 3. The van der Waals surface area contributed by atoms with Gasteiger partial charge in [0.15, 0.2) is 17.7 Å². The number of ether oxygens (including phenoxy) is 1. The SMILES string of the molecule is C[C@@H]1C2[C@H](C)[C@H]2OC2Cn3cc(C(=O)NCc4c(F)cc(F)cc4F)c(=O)c(O)c3C(=O)N21. The standard InChI is InChI=1S/C22H20F3N3O5/c1-8-16-9(2)28-15(33-20(8)16)7-27-6-12(18(29)19(30)17(27)22(28)32)21(31)26-5-11-13(24)3-10(23)4-14(11)25/h3-4,6,8-9,15-16,20,30H,5,7H2,1-2H3,(H,26,31)/t8-,9+,15?,16?,20+/m0/s1. The van der Waals surface area contributed by atoms with Crippen molar-refractivity contribution < 1.29 is 32.6 Å². The first-order valence-corrected chi connectivity index (χ1v) is 10.5. The largest absolute Gasteiger partial charge is 0.503 e. The van der Waals surface area contributed by atoms with E-state index in [0.29, 0.717) is 12.1 Å². The molecular formula is C22H20F3N3O5. The molecule has 5 rings (SSSR count). The number of hydrogen-bond donors (Lipinski definition) is 2. The summed E-state index contributed by atoms with van der Waals surface area (Å²) in [5, 5.41) is 12.7. The van der Waals surface area contributed by atoms with Crippen LogP contribution in [-0.2, 0) is 17.8 Å². The Morgan fingerprint density at radius 3 is 2.55 bits per heavy atom. The Morgan fingerprint density at radius 2 is 1.88 bits per heavy atom. The highest BCUT2D eigenvalue weighted by atomic mass is 19.1. The van der Waals surface area contributed by atoms with Gasteiger partial charge in [-0.3, -0.25) is 14.4 Å². The number of pyridine rings is 1. The molecule has 1 saturated heterocycles. The Hall–Kier alpha value is -3.34. The maximum atomic E-state index is 13.8. The molecule has 0 spiro atoms. The maximum Gasteiger partial charge on any atom is 0.276 e. The van der Waals surface area contributed by atoms with Crippen LogP contribution in [-0.4, -0.2) is 44.8 Å². The van der Waals surface area contributed by atoms with Crippen LogP contribution in [0.15, 0.2) is 23.1 Å². The predicted octanol–water partition coefficient (Wildman–Crippen LogP) is 1.74. The predicted molar refractivity (Wildman–Crippen MR) is 107 cm³/mol. The van der Waals surface area contributed by atoms with Gasteiger partial charge in [0.1, 0.15) is 23.0 Å². The van der Waals surface area contributed by atoms with Crippen molar-refractivity contribution in [1.82, 2.24) is 14.8 Å². The zero-order valence-electron chi connectivity index (χ0n) is 17.6. The number of carbonyl (C=O) groups excluding carboxylic acids is 2. The monoisotopic (exact) mass is 463 g/mol. The van der Waals surface area contributed by atoms with Gasteiger partial charge in [0.2, 0.25) is 5.43 Å². The molecule has 2 aromatic rings. The fourth-order valence-electron chi connectivity index (χ4n) is 5.00. The number of rotatable bonds is 3. The molecule has 1 saturated carbocycles. The van der Waals surface area contributed by atoms with Crippen LogP contribution in [0.3, 0.4) is 0 Å². The lowest BCUT2D eigenvalue weighted by molar-refractivity contribution is -0.119. The molecule has 1 aliphatic carbocycles. The molecule has 1 aromatic heterocycles. The molecule has 3 aliphatic rings. The molecule has 5 atom stereocenters. The van der Waals surface area contributed by atoms with Crippen LogP contribution >= 0.6 is 0 Å². The highest BCUT2D eigenvalue weighted by Crippen LogP contribution is 2.51. The lowest BCUT2D eigenvalue weighted by Crippen LogP contribution is -2.57. The molecule has 0 radical (unpaired) electrons. The summed E-state index contributed by atoms with van der Waals surface area (Å²) in [5.41, 5.74) is -2.43. The number of halogens is 3. The van der Waals surface area contributed by atoms with Gasteiger partial charge in [-0.05, 0) is 12.8 Å². The number of hydrogen-bond acceptors (Lipinski definition) is 5. The van der Waals surface area contributed by atoms with Crippen LogP contribution in [0.2, 0.25) is 0 Å². The van der Waals surface area contributed by atoms with E-state index >= 15 is 0 Å². The Balaban J connectivity index is 1.44. The average Bonchev–Trinajstić information content (AvgIpc) is 3.39. The molecule has 33 heavy (non-hydrogen) atoms. The van der Waals surface area contributed by atoms with Crippen molar-refractivity contribution in [3.8, 4) is 5.75 Å². The van der Waals surface area contributed by atoms with Gasteiger partial charge >= 0.3 is 0 Å². The zero-order valence-corrected chi connectivity index (χ0v) is 17.6. The van der Waals surface area contributed by atoms with Gasteiger partial charge in [-0.1, -0.05) is 6.92 Å². The highest BCUT2D eigenvalue weighted by Gasteiger charge is 2.60. The second-order valence-electron chi connectivity index (χ2n) is 8.70. The molecule has 3 heterocycles. The van der Waals surface area contributed by atoms with Gasteiger partial charge in [0.05, 0.1) is 12.6 Å². The van der Waals surface area contributed by atoms with E-state index in [1.54, 1.807) is 0 Å². The number of benzene rings is 1. The molecule has 2 unspecified atom stereocenters. The molecule has 1 aromatic carbocycles. The van der Waals surface area contributed by atoms with Crippen LogP contribution in [0, 0.1) is 29.3 Å². The molecule has 174 valence electrons. The van der Waals surface area contributed by atoms with E-state index in [-0.39, 0.29) is 36.2 Å². The highest BCUT2D eigenvalue weighted by molar-refractivity contribution is 5.99. The molecular weight excluding hydrogens is 443 g/mol. The number of nitrogens with zero attached hydrogens (tertiary/aromatic N) is 2. The third kappa shape index (κ3) is 3.21. The minimum atomic E-state index is -1.19. The van der Waals surface area contributed by atoms with Crippen molar-refractivity contribution in [2.24, 2.45) is 11.8 Å². The van der Waals surface area contributed by atoms with E-state index in [0.717, 1.165) is 6.20 Å². The van der Waals surface area contributed by atoms with E-state index in [2.05, 4.69) is 5.32 Å². The summed E-state index contributed by atoms with van der Waals surface area (Å²) in [6.45, 7) is 3.36. The fourth-order valence-corrected chi connectivity index (χ4v) is 5.00. The topological polar surface area (TPSA) is 101 Å². The van der Waals surface area contributed by atoms with Crippen LogP contribution in [0.5, 0.6) is 5.75 Å². The van der Waals surface area contributed by atoms with Crippen LogP contribution < -0.4 is 10.7 Å². The van der Waals surface area contributed by atoms with Gasteiger partial charge in [0.25, 0.3) is 11.8 Å². The Bertz CT molecular complexity index is 1240. The van der Waals surface area contributed by atoms with E-state index in [1.165, 1.54) is 9.47 Å². The van der Waals surface area contributed by atoms with Crippen molar-refractivity contribution in [3.63, 3.8) is 0 Å². The fraction of sp³-hybridized carbons (Fsp3) is 0.409. The first kappa shape index (κ1) is 21.5. The van der Waals surface area contributed by atoms with Gasteiger partial charge in [0, 0.05) is 42.4 Å². The summed E-state index contributed by atoms with van der Waals surface area (Å²) in [6.07, 6.45) is 0.522. The van der Waals surface area contributed by atoms with Crippen molar-refractivity contribution >= 4 is 11.8 Å². The Kier molecular flexibility index (Phi) is 4.78. The summed E-state index contributed by atoms with van der Waals surface area (Å²) in [6, 6.07) is 0.804. The lowest BCUT2D eigenvalue weighted by atomic mass is 10.0. The second-order valence-corrected chi connectivity index (χ2v) is 8.70. The Morgan fingerprint density at radius 1 is 1.21 bits per heavy atom. The minimum Gasteiger partial charge on any atom is -0.503 e. The van der Waals surface area contributed by atoms with Gasteiger partial charge in [-0.2, -0.15) is 0 Å². The number of nitrogens with one attached hydrogen (secondary N) is 1. The average molecular weight is 463 g/mol. The van der Waals surface area contributed by atoms with Crippen molar-refractivity contribution in [1.29, 1.82) is 0 Å². The minimum absolute atomic E-state index is 0.0202. The van der Waals surface area contributed by atoms with E-state index in [9.17, 15) is 32.7 Å². The zero-order chi connectivity index (χ0) is 23.8. The van der Waals surface area contributed by atoms with Crippen molar-refractivity contribution in [2.45, 2.75) is 45.3 Å². The summed E-state index contributed by atoms with van der Waals surface area (Å²) < 4.78 is 48.0. The first-order valence-electron chi connectivity index (χ1n) is 10.5. The van der Waals surface area contributed by atoms with Crippen molar-refractivity contribution in [3.05, 3.63) is 62.8 Å². The molecule has 8 nitrogen and oxygen atoms in total.